The number of rotatable bonds is 6. The number of thioether (sulfide) groups is 1. The minimum Gasteiger partial charge on any atom is -0.339 e. The molecule has 0 bridgehead atoms. The quantitative estimate of drug-likeness (QED) is 0.372. The lowest BCUT2D eigenvalue weighted by atomic mass is 10.1. The van der Waals surface area contributed by atoms with E-state index in [9.17, 15) is 14.4 Å². The number of amides is 2. The average Bonchev–Trinajstić information content (AvgIpc) is 3.25. The van der Waals surface area contributed by atoms with Crippen LogP contribution in [0.5, 0.6) is 0 Å². The van der Waals surface area contributed by atoms with Crippen LogP contribution in [0.3, 0.4) is 0 Å². The van der Waals surface area contributed by atoms with Crippen LogP contribution in [0, 0.1) is 6.92 Å². The van der Waals surface area contributed by atoms with E-state index in [1.807, 2.05) is 42.6 Å². The summed E-state index contributed by atoms with van der Waals surface area (Å²) in [5.41, 5.74) is 3.37. The molecule has 0 unspecified atom stereocenters. The van der Waals surface area contributed by atoms with Gasteiger partial charge in [-0.25, -0.2) is 4.98 Å². The van der Waals surface area contributed by atoms with Crippen molar-refractivity contribution < 1.29 is 9.59 Å². The molecule has 2 amide bonds. The molecule has 0 saturated heterocycles. The highest BCUT2D eigenvalue weighted by Gasteiger charge is 2.15. The molecule has 0 radical (unpaired) electrons. The molecule has 9 heteroatoms. The summed E-state index contributed by atoms with van der Waals surface area (Å²) >= 11 is 2.48. The number of carbonyl (C=O) groups is 2. The molecule has 0 aliphatic rings. The molecule has 2 aromatic carbocycles. The Hall–Kier alpha value is -3.43. The first-order chi connectivity index (χ1) is 16.3. The zero-order valence-electron chi connectivity index (χ0n) is 19.1. The molecular formula is C25H24N4O3S2. The number of hydrogen-bond acceptors (Lipinski definition) is 6. The molecule has 0 aliphatic heterocycles. The van der Waals surface area contributed by atoms with Crippen LogP contribution in [0.15, 0.2) is 69.9 Å². The number of hydrogen-bond donors (Lipinski definition) is 1. The van der Waals surface area contributed by atoms with Gasteiger partial charge in [0.15, 0.2) is 0 Å². The molecule has 4 rings (SSSR count). The highest BCUT2D eigenvalue weighted by Crippen LogP contribution is 2.31. The fourth-order valence-corrected chi connectivity index (χ4v) is 5.00. The lowest BCUT2D eigenvalue weighted by Gasteiger charge is -2.13. The summed E-state index contributed by atoms with van der Waals surface area (Å²) < 4.78 is 1.47. The number of aromatic nitrogens is 2. The van der Waals surface area contributed by atoms with Gasteiger partial charge in [0.2, 0.25) is 5.91 Å². The van der Waals surface area contributed by atoms with E-state index < -0.39 is 0 Å². The van der Waals surface area contributed by atoms with Crippen molar-refractivity contribution in [2.75, 3.05) is 19.4 Å². The minimum absolute atomic E-state index is 0.0950. The molecule has 2 heterocycles. The van der Waals surface area contributed by atoms with E-state index in [4.69, 9.17) is 0 Å². The third kappa shape index (κ3) is 5.21. The van der Waals surface area contributed by atoms with Gasteiger partial charge in [-0.05, 0) is 36.4 Å². The smallest absolute Gasteiger partial charge is 0.286 e. The maximum atomic E-state index is 13.2. The van der Waals surface area contributed by atoms with Crippen molar-refractivity contribution in [3.8, 4) is 11.1 Å². The molecule has 0 fully saturated rings. The van der Waals surface area contributed by atoms with Crippen molar-refractivity contribution in [3.05, 3.63) is 76.2 Å². The fourth-order valence-electron chi connectivity index (χ4n) is 3.35. The van der Waals surface area contributed by atoms with Crippen LogP contribution in [0.4, 0.5) is 10.5 Å². The third-order valence-electron chi connectivity index (χ3n) is 5.23. The maximum Gasteiger partial charge on any atom is 0.286 e. The lowest BCUT2D eigenvalue weighted by Crippen LogP contribution is -2.23. The van der Waals surface area contributed by atoms with E-state index in [1.54, 1.807) is 32.3 Å². The summed E-state index contributed by atoms with van der Waals surface area (Å²) in [5.74, 6) is -0.249. The Balaban J connectivity index is 1.50. The number of para-hydroxylation sites is 1. The number of nitrogens with zero attached hydrogens (tertiary/aromatic N) is 3. The van der Waals surface area contributed by atoms with Crippen molar-refractivity contribution in [1.29, 1.82) is 0 Å². The van der Waals surface area contributed by atoms with Crippen molar-refractivity contribution in [2.45, 2.75) is 24.8 Å². The molecule has 4 aromatic rings. The average molecular weight is 493 g/mol. The van der Waals surface area contributed by atoms with Gasteiger partial charge in [0.25, 0.3) is 10.8 Å². The summed E-state index contributed by atoms with van der Waals surface area (Å²) in [6, 6.07) is 15.2. The molecule has 174 valence electrons. The first-order valence-electron chi connectivity index (χ1n) is 10.6. The largest absolute Gasteiger partial charge is 0.339 e. The highest BCUT2D eigenvalue weighted by molar-refractivity contribution is 8.13. The zero-order chi connectivity index (χ0) is 24.2. The summed E-state index contributed by atoms with van der Waals surface area (Å²) in [6.07, 6.45) is 1.59. The van der Waals surface area contributed by atoms with E-state index in [0.717, 1.165) is 28.5 Å². The van der Waals surface area contributed by atoms with Gasteiger partial charge in [0, 0.05) is 42.9 Å². The van der Waals surface area contributed by atoms with Gasteiger partial charge < -0.3 is 10.2 Å². The van der Waals surface area contributed by atoms with Gasteiger partial charge in [-0.2, -0.15) is 0 Å². The molecule has 0 saturated carbocycles. The van der Waals surface area contributed by atoms with E-state index in [-0.39, 0.29) is 29.7 Å². The summed E-state index contributed by atoms with van der Waals surface area (Å²) in [6.45, 7) is 2.22. The number of benzene rings is 2. The van der Waals surface area contributed by atoms with Gasteiger partial charge >= 0.3 is 0 Å². The summed E-state index contributed by atoms with van der Waals surface area (Å²) in [5, 5.41) is 5.24. The van der Waals surface area contributed by atoms with Gasteiger partial charge in [-0.15, -0.1) is 11.3 Å². The molecule has 2 aromatic heterocycles. The predicted molar refractivity (Wildman–Crippen MR) is 139 cm³/mol. The highest BCUT2D eigenvalue weighted by atomic mass is 32.2. The maximum absolute atomic E-state index is 13.2. The summed E-state index contributed by atoms with van der Waals surface area (Å²) in [4.78, 5) is 45.2. The van der Waals surface area contributed by atoms with Crippen LogP contribution in [-0.2, 0) is 11.3 Å². The molecule has 0 spiro atoms. The first kappa shape index (κ1) is 23.7. The zero-order valence-corrected chi connectivity index (χ0v) is 20.7. The Kier molecular flexibility index (Phi) is 7.14. The number of anilines is 1. The molecule has 0 atom stereocenters. The predicted octanol–water partition coefficient (Wildman–Crippen LogP) is 5.24. The van der Waals surface area contributed by atoms with Crippen LogP contribution in [-0.4, -0.2) is 39.7 Å². The topological polar surface area (TPSA) is 84.3 Å². The van der Waals surface area contributed by atoms with E-state index in [0.29, 0.717) is 20.8 Å². The normalized spacial score (nSPS) is 10.9. The minimum atomic E-state index is -0.249. The third-order valence-corrected chi connectivity index (χ3v) is 7.23. The van der Waals surface area contributed by atoms with Crippen LogP contribution in [0.25, 0.3) is 21.3 Å². The van der Waals surface area contributed by atoms with E-state index >= 15 is 0 Å². The van der Waals surface area contributed by atoms with Crippen LogP contribution < -0.4 is 10.9 Å². The molecule has 34 heavy (non-hydrogen) atoms. The van der Waals surface area contributed by atoms with E-state index in [1.165, 1.54) is 27.1 Å². The van der Waals surface area contributed by atoms with Gasteiger partial charge in [-0.3, -0.25) is 19.0 Å². The van der Waals surface area contributed by atoms with Gasteiger partial charge in [0.05, 0.1) is 17.4 Å². The fraction of sp³-hybridized carbons (Fsp3) is 0.200. The second-order valence-corrected chi connectivity index (χ2v) is 9.85. The van der Waals surface area contributed by atoms with Crippen LogP contribution in [0.1, 0.15) is 12.0 Å². The Morgan fingerprint density at radius 2 is 1.85 bits per heavy atom. The Bertz CT molecular complexity index is 1410. The SMILES string of the molecule is Cc1ccc(-c2csc3ncn(CCC(=O)Nc4ccccc4SC(=O)N(C)C)c(=O)c23)cc1. The van der Waals surface area contributed by atoms with Gasteiger partial charge in [-0.1, -0.05) is 42.0 Å². The van der Waals surface area contributed by atoms with E-state index in [2.05, 4.69) is 10.3 Å². The number of nitrogens with one attached hydrogen (secondary N) is 1. The second-order valence-electron chi connectivity index (χ2n) is 8.00. The number of carbonyl (C=O) groups excluding carboxylic acids is 2. The van der Waals surface area contributed by atoms with Crippen LogP contribution in [0.2, 0.25) is 0 Å². The van der Waals surface area contributed by atoms with Crippen molar-refractivity contribution in [1.82, 2.24) is 14.5 Å². The Morgan fingerprint density at radius 3 is 2.59 bits per heavy atom. The Morgan fingerprint density at radius 1 is 1.12 bits per heavy atom. The standard InChI is InChI=1S/C25H24N4O3S2/c1-16-8-10-17(11-9-16)18-14-33-23-22(18)24(31)29(15-26-23)13-12-21(30)27-19-6-4-5-7-20(19)34-25(32)28(2)3/h4-11,14-15H,12-13H2,1-3H3,(H,27,30). The molecule has 7 nitrogen and oxygen atoms in total. The van der Waals surface area contributed by atoms with Crippen LogP contribution >= 0.6 is 23.1 Å². The molecular weight excluding hydrogens is 468 g/mol. The number of fused-ring (bicyclic) bond motifs is 1. The van der Waals surface area contributed by atoms with Crippen molar-refractivity contribution >= 4 is 50.1 Å². The molecule has 1 N–H and O–H groups in total. The first-order valence-corrected chi connectivity index (χ1v) is 12.3. The number of aryl methyl sites for hydroxylation is 2. The summed E-state index contributed by atoms with van der Waals surface area (Å²) in [7, 11) is 3.35. The van der Waals surface area contributed by atoms with Gasteiger partial charge in [0.1, 0.15) is 4.83 Å². The second kappa shape index (κ2) is 10.2. The van der Waals surface area contributed by atoms with Crippen molar-refractivity contribution in [3.63, 3.8) is 0 Å². The van der Waals surface area contributed by atoms with Crippen molar-refractivity contribution in [2.24, 2.45) is 0 Å². The monoisotopic (exact) mass is 492 g/mol. The Labute approximate surface area is 205 Å². The molecule has 0 aliphatic carbocycles. The lowest BCUT2D eigenvalue weighted by molar-refractivity contribution is -0.116. The number of thiophene rings is 1.